The molecule has 0 aromatic heterocycles. The van der Waals surface area contributed by atoms with Gasteiger partial charge in [0.15, 0.2) is 0 Å². The van der Waals surface area contributed by atoms with Crippen LogP contribution in [0.5, 0.6) is 0 Å². The molecular formula is C29H27FN2O4. The fraction of sp³-hybridized carbons (Fsp3) is 0.207. The van der Waals surface area contributed by atoms with Gasteiger partial charge in [0.05, 0.1) is 7.11 Å². The van der Waals surface area contributed by atoms with Crippen LogP contribution in [0.4, 0.5) is 4.39 Å². The molecule has 2 N–H and O–H groups in total. The van der Waals surface area contributed by atoms with Crippen LogP contribution < -0.4 is 10.6 Å². The number of halogens is 1. The molecule has 2 amide bonds. The zero-order valence-corrected chi connectivity index (χ0v) is 20.1. The third-order valence-corrected chi connectivity index (χ3v) is 6.14. The molecule has 4 rings (SSSR count). The van der Waals surface area contributed by atoms with Crippen LogP contribution in [-0.2, 0) is 32.0 Å². The summed E-state index contributed by atoms with van der Waals surface area (Å²) in [6, 6.07) is 21.6. The summed E-state index contributed by atoms with van der Waals surface area (Å²) < 4.78 is 18.3. The SMILES string of the molecule is COC(=O)[C@@H](Cc1c2ccccc2cc2ccccc12)NC(=O)[C@@H](Cc1ccc(F)cc1)NC(C)=O. The number of methoxy groups -OCH3 is 1. The monoisotopic (exact) mass is 486 g/mol. The molecule has 0 unspecified atom stereocenters. The highest BCUT2D eigenvalue weighted by Crippen LogP contribution is 2.29. The number of ether oxygens (including phenoxy) is 1. The second-order valence-electron chi connectivity index (χ2n) is 8.67. The molecule has 0 aliphatic carbocycles. The predicted octanol–water partition coefficient (Wildman–Crippen LogP) is 4.08. The number of esters is 1. The van der Waals surface area contributed by atoms with Crippen LogP contribution >= 0.6 is 0 Å². The maximum absolute atomic E-state index is 13.3. The van der Waals surface area contributed by atoms with Gasteiger partial charge in [-0.3, -0.25) is 9.59 Å². The van der Waals surface area contributed by atoms with Gasteiger partial charge in [-0.15, -0.1) is 0 Å². The first-order chi connectivity index (χ1) is 17.4. The summed E-state index contributed by atoms with van der Waals surface area (Å²) in [4.78, 5) is 37.9. The molecule has 4 aromatic carbocycles. The van der Waals surface area contributed by atoms with Gasteiger partial charge in [-0.05, 0) is 50.9 Å². The van der Waals surface area contributed by atoms with Gasteiger partial charge in [0.25, 0.3) is 0 Å². The van der Waals surface area contributed by atoms with E-state index >= 15 is 0 Å². The lowest BCUT2D eigenvalue weighted by Crippen LogP contribution is -2.53. The Labute approximate surface area is 208 Å². The molecule has 4 aromatic rings. The Morgan fingerprint density at radius 2 is 1.39 bits per heavy atom. The molecule has 36 heavy (non-hydrogen) atoms. The van der Waals surface area contributed by atoms with E-state index in [1.54, 1.807) is 12.1 Å². The predicted molar refractivity (Wildman–Crippen MR) is 137 cm³/mol. The van der Waals surface area contributed by atoms with Crippen molar-refractivity contribution in [3.8, 4) is 0 Å². The molecule has 7 heteroatoms. The maximum Gasteiger partial charge on any atom is 0.328 e. The van der Waals surface area contributed by atoms with Crippen molar-refractivity contribution in [1.29, 1.82) is 0 Å². The van der Waals surface area contributed by atoms with E-state index < -0.39 is 35.7 Å². The van der Waals surface area contributed by atoms with Gasteiger partial charge in [0, 0.05) is 19.8 Å². The lowest BCUT2D eigenvalue weighted by atomic mass is 9.92. The highest BCUT2D eigenvalue weighted by Gasteiger charge is 2.28. The highest BCUT2D eigenvalue weighted by atomic mass is 19.1. The van der Waals surface area contributed by atoms with Gasteiger partial charge in [-0.25, -0.2) is 9.18 Å². The molecule has 0 aliphatic heterocycles. The van der Waals surface area contributed by atoms with Crippen LogP contribution in [-0.4, -0.2) is 37.0 Å². The Bertz CT molecular complexity index is 1360. The first kappa shape index (κ1) is 24.9. The summed E-state index contributed by atoms with van der Waals surface area (Å²) in [7, 11) is 1.27. The molecule has 0 fully saturated rings. The summed E-state index contributed by atoms with van der Waals surface area (Å²) >= 11 is 0. The van der Waals surface area contributed by atoms with Crippen molar-refractivity contribution in [3.05, 3.63) is 95.8 Å². The topological polar surface area (TPSA) is 84.5 Å². The fourth-order valence-corrected chi connectivity index (χ4v) is 4.45. The number of benzene rings is 4. The molecule has 0 saturated carbocycles. The minimum Gasteiger partial charge on any atom is -0.467 e. The van der Waals surface area contributed by atoms with Crippen molar-refractivity contribution in [3.63, 3.8) is 0 Å². The normalized spacial score (nSPS) is 12.6. The van der Waals surface area contributed by atoms with E-state index in [-0.39, 0.29) is 12.8 Å². The Morgan fingerprint density at radius 3 is 1.94 bits per heavy atom. The fourth-order valence-electron chi connectivity index (χ4n) is 4.45. The minimum atomic E-state index is -0.985. The van der Waals surface area contributed by atoms with E-state index in [0.717, 1.165) is 27.1 Å². The average molecular weight is 487 g/mol. The second kappa shape index (κ2) is 11.0. The third kappa shape index (κ3) is 5.68. The number of fused-ring (bicyclic) bond motifs is 2. The summed E-state index contributed by atoms with van der Waals surface area (Å²) in [5.74, 6) is -1.92. The molecular weight excluding hydrogens is 459 g/mol. The van der Waals surface area contributed by atoms with E-state index in [1.165, 1.54) is 26.2 Å². The number of carbonyl (C=O) groups is 3. The van der Waals surface area contributed by atoms with Crippen molar-refractivity contribution < 1.29 is 23.5 Å². The minimum absolute atomic E-state index is 0.136. The van der Waals surface area contributed by atoms with Crippen LogP contribution in [0.2, 0.25) is 0 Å². The summed E-state index contributed by atoms with van der Waals surface area (Å²) in [6.45, 7) is 1.31. The van der Waals surface area contributed by atoms with Gasteiger partial charge in [0.1, 0.15) is 17.9 Å². The smallest absolute Gasteiger partial charge is 0.328 e. The average Bonchev–Trinajstić information content (AvgIpc) is 2.88. The Kier molecular flexibility index (Phi) is 7.59. The Balaban J connectivity index is 1.66. The van der Waals surface area contributed by atoms with Crippen molar-refractivity contribution in [2.24, 2.45) is 0 Å². The van der Waals surface area contributed by atoms with Crippen LogP contribution in [0.25, 0.3) is 21.5 Å². The van der Waals surface area contributed by atoms with E-state index in [9.17, 15) is 18.8 Å². The lowest BCUT2D eigenvalue weighted by molar-refractivity contribution is -0.145. The summed E-state index contributed by atoms with van der Waals surface area (Å²) in [5.41, 5.74) is 1.58. The number of carbonyl (C=O) groups excluding carboxylic acids is 3. The summed E-state index contributed by atoms with van der Waals surface area (Å²) in [6.07, 6.45) is 0.334. The molecule has 0 bridgehead atoms. The van der Waals surface area contributed by atoms with E-state index in [2.05, 4.69) is 16.7 Å². The molecule has 0 aliphatic rings. The first-order valence-corrected chi connectivity index (χ1v) is 11.6. The zero-order chi connectivity index (χ0) is 25.7. The van der Waals surface area contributed by atoms with Gasteiger partial charge in [0.2, 0.25) is 11.8 Å². The van der Waals surface area contributed by atoms with E-state index in [0.29, 0.717) is 5.56 Å². The molecule has 0 radical (unpaired) electrons. The van der Waals surface area contributed by atoms with Gasteiger partial charge in [-0.2, -0.15) is 0 Å². The molecule has 184 valence electrons. The van der Waals surface area contributed by atoms with Crippen LogP contribution in [0.1, 0.15) is 18.1 Å². The maximum atomic E-state index is 13.3. The largest absolute Gasteiger partial charge is 0.467 e. The Hall–Kier alpha value is -4.26. The second-order valence-corrected chi connectivity index (χ2v) is 8.67. The van der Waals surface area contributed by atoms with Gasteiger partial charge < -0.3 is 15.4 Å². The Morgan fingerprint density at radius 1 is 0.806 bits per heavy atom. The molecule has 0 saturated heterocycles. The third-order valence-electron chi connectivity index (χ3n) is 6.14. The number of hydrogen-bond donors (Lipinski definition) is 2. The molecule has 6 nitrogen and oxygen atoms in total. The number of amides is 2. The number of nitrogens with one attached hydrogen (secondary N) is 2. The first-order valence-electron chi connectivity index (χ1n) is 11.6. The lowest BCUT2D eigenvalue weighted by Gasteiger charge is -2.23. The van der Waals surface area contributed by atoms with Crippen LogP contribution in [0.15, 0.2) is 78.9 Å². The van der Waals surface area contributed by atoms with E-state index in [4.69, 9.17) is 4.74 Å². The van der Waals surface area contributed by atoms with Crippen molar-refractivity contribution >= 4 is 39.3 Å². The van der Waals surface area contributed by atoms with Crippen LogP contribution in [0.3, 0.4) is 0 Å². The van der Waals surface area contributed by atoms with E-state index in [1.807, 2.05) is 48.5 Å². The van der Waals surface area contributed by atoms with Crippen molar-refractivity contribution in [2.75, 3.05) is 7.11 Å². The molecule has 2 atom stereocenters. The van der Waals surface area contributed by atoms with Crippen molar-refractivity contribution in [2.45, 2.75) is 31.8 Å². The quantitative estimate of drug-likeness (QED) is 0.290. The highest BCUT2D eigenvalue weighted by molar-refractivity contribution is 6.03. The summed E-state index contributed by atoms with van der Waals surface area (Å²) in [5, 5.41) is 9.41. The molecule has 0 heterocycles. The van der Waals surface area contributed by atoms with Crippen molar-refractivity contribution in [1.82, 2.24) is 10.6 Å². The van der Waals surface area contributed by atoms with Gasteiger partial charge >= 0.3 is 5.97 Å². The number of hydrogen-bond acceptors (Lipinski definition) is 4. The number of rotatable bonds is 8. The van der Waals surface area contributed by atoms with Crippen LogP contribution in [0, 0.1) is 5.82 Å². The van der Waals surface area contributed by atoms with Gasteiger partial charge in [-0.1, -0.05) is 60.7 Å². The molecule has 0 spiro atoms. The zero-order valence-electron chi connectivity index (χ0n) is 20.1. The standard InChI is InChI=1S/C29H27FN2O4/c1-18(33)31-26(15-19-11-13-22(30)14-12-19)28(34)32-27(29(35)36-2)17-25-23-9-5-3-7-20(23)16-21-8-4-6-10-24(21)25/h3-14,16,26-27H,15,17H2,1-2H3,(H,31,33)(H,32,34)/t26-,27-/m1/s1.